The molecule has 27 heavy (non-hydrogen) atoms. The van der Waals surface area contributed by atoms with Crippen molar-refractivity contribution in [3.05, 3.63) is 64.9 Å². The number of rotatable bonds is 5. The van der Waals surface area contributed by atoms with E-state index in [1.54, 1.807) is 62.8 Å². The second-order valence-electron chi connectivity index (χ2n) is 5.63. The lowest BCUT2D eigenvalue weighted by Gasteiger charge is -2.09. The Morgan fingerprint density at radius 3 is 2.33 bits per heavy atom. The van der Waals surface area contributed by atoms with Crippen LogP contribution in [-0.2, 0) is 9.53 Å². The van der Waals surface area contributed by atoms with Gasteiger partial charge in [0.05, 0.1) is 26.9 Å². The molecule has 0 spiro atoms. The number of amides is 1. The predicted molar refractivity (Wildman–Crippen MR) is 100.0 cm³/mol. The lowest BCUT2D eigenvalue weighted by molar-refractivity contribution is -0.115. The Morgan fingerprint density at radius 1 is 1.00 bits per heavy atom. The summed E-state index contributed by atoms with van der Waals surface area (Å²) in [6.45, 7) is 0. The molecule has 1 aliphatic rings. The minimum atomic E-state index is -0.415. The summed E-state index contributed by atoms with van der Waals surface area (Å²) in [4.78, 5) is 28.1. The van der Waals surface area contributed by atoms with Gasteiger partial charge in [-0.25, -0.2) is 9.79 Å². The molecule has 0 fully saturated rings. The zero-order valence-electron chi connectivity index (χ0n) is 15.1. The maximum Gasteiger partial charge on any atom is 0.337 e. The zero-order chi connectivity index (χ0) is 19.4. The number of hydrogen-bond donors (Lipinski definition) is 1. The van der Waals surface area contributed by atoms with Crippen LogP contribution in [0, 0.1) is 0 Å². The molecule has 1 aliphatic heterocycles. The first-order valence-electron chi connectivity index (χ1n) is 8.08. The molecule has 2 aromatic carbocycles. The topological polar surface area (TPSA) is 86.2 Å². The van der Waals surface area contributed by atoms with Crippen LogP contribution < -0.4 is 14.8 Å². The first kappa shape index (κ1) is 18.2. The molecular weight excluding hydrogens is 348 g/mol. The molecule has 1 amide bonds. The van der Waals surface area contributed by atoms with Gasteiger partial charge >= 0.3 is 5.97 Å². The molecule has 0 unspecified atom stereocenters. The molecule has 0 saturated heterocycles. The molecule has 0 aromatic heterocycles. The van der Waals surface area contributed by atoms with Gasteiger partial charge < -0.3 is 19.5 Å². The predicted octanol–water partition coefficient (Wildman–Crippen LogP) is 2.41. The molecule has 0 aliphatic carbocycles. The van der Waals surface area contributed by atoms with E-state index in [0.717, 1.165) is 5.56 Å². The van der Waals surface area contributed by atoms with Crippen LogP contribution in [0.1, 0.15) is 21.5 Å². The second kappa shape index (κ2) is 7.74. The van der Waals surface area contributed by atoms with E-state index in [0.29, 0.717) is 28.5 Å². The molecule has 3 rings (SSSR count). The number of benzene rings is 2. The van der Waals surface area contributed by atoms with E-state index in [4.69, 9.17) is 9.47 Å². The van der Waals surface area contributed by atoms with Crippen molar-refractivity contribution >= 4 is 23.8 Å². The Balaban J connectivity index is 1.88. The first-order chi connectivity index (χ1) is 13.0. The smallest absolute Gasteiger partial charge is 0.337 e. The van der Waals surface area contributed by atoms with Gasteiger partial charge in [0, 0.05) is 5.56 Å². The molecule has 1 N–H and O–H groups in total. The molecule has 0 radical (unpaired) electrons. The molecule has 7 heteroatoms. The van der Waals surface area contributed by atoms with E-state index >= 15 is 0 Å². The molecule has 1 heterocycles. The normalized spacial score (nSPS) is 14.6. The Hall–Kier alpha value is -3.61. The maximum atomic E-state index is 12.2. The third kappa shape index (κ3) is 3.82. The van der Waals surface area contributed by atoms with Crippen LogP contribution in [0.2, 0.25) is 0 Å². The number of ether oxygens (including phenoxy) is 3. The number of nitrogens with zero attached hydrogens (tertiary/aromatic N) is 1. The third-order valence-corrected chi connectivity index (χ3v) is 3.99. The quantitative estimate of drug-likeness (QED) is 0.649. The van der Waals surface area contributed by atoms with E-state index in [-0.39, 0.29) is 11.6 Å². The van der Waals surface area contributed by atoms with Crippen LogP contribution in [0.5, 0.6) is 11.5 Å². The SMILES string of the molecule is COC(=O)c1ccc(/C=C2/N=C(c3ccc(OC)c(OC)c3)NC2=O)cc1. The Morgan fingerprint density at radius 2 is 1.70 bits per heavy atom. The highest BCUT2D eigenvalue weighted by molar-refractivity contribution is 6.20. The van der Waals surface area contributed by atoms with Crippen molar-refractivity contribution in [2.45, 2.75) is 0 Å². The average molecular weight is 366 g/mol. The molecule has 2 aromatic rings. The van der Waals surface area contributed by atoms with Gasteiger partial charge in [-0.05, 0) is 42.0 Å². The first-order valence-corrected chi connectivity index (χ1v) is 8.08. The van der Waals surface area contributed by atoms with Crippen LogP contribution in [-0.4, -0.2) is 39.0 Å². The number of nitrogens with one attached hydrogen (secondary N) is 1. The largest absolute Gasteiger partial charge is 0.493 e. The van der Waals surface area contributed by atoms with Crippen molar-refractivity contribution < 1.29 is 23.8 Å². The van der Waals surface area contributed by atoms with E-state index in [9.17, 15) is 9.59 Å². The van der Waals surface area contributed by atoms with Gasteiger partial charge in [0.1, 0.15) is 11.5 Å². The van der Waals surface area contributed by atoms with Gasteiger partial charge in [0.25, 0.3) is 5.91 Å². The lowest BCUT2D eigenvalue weighted by Crippen LogP contribution is -2.24. The van der Waals surface area contributed by atoms with E-state index < -0.39 is 5.97 Å². The van der Waals surface area contributed by atoms with Gasteiger partial charge in [0.15, 0.2) is 11.5 Å². The highest BCUT2D eigenvalue weighted by atomic mass is 16.5. The van der Waals surface area contributed by atoms with E-state index in [1.807, 2.05) is 0 Å². The zero-order valence-corrected chi connectivity index (χ0v) is 15.1. The fourth-order valence-corrected chi connectivity index (χ4v) is 2.58. The molecule has 0 bridgehead atoms. The summed E-state index contributed by atoms with van der Waals surface area (Å²) in [5, 5.41) is 2.74. The number of carbonyl (C=O) groups excluding carboxylic acids is 2. The van der Waals surface area contributed by atoms with Crippen molar-refractivity contribution in [2.75, 3.05) is 21.3 Å². The fraction of sp³-hybridized carbons (Fsp3) is 0.150. The number of amidine groups is 1. The minimum Gasteiger partial charge on any atom is -0.493 e. The van der Waals surface area contributed by atoms with Crippen molar-refractivity contribution in [1.82, 2.24) is 5.32 Å². The Kier molecular flexibility index (Phi) is 5.21. The average Bonchev–Trinajstić information content (AvgIpc) is 3.07. The van der Waals surface area contributed by atoms with Crippen molar-refractivity contribution in [1.29, 1.82) is 0 Å². The number of hydrogen-bond acceptors (Lipinski definition) is 6. The van der Waals surface area contributed by atoms with E-state index in [1.165, 1.54) is 7.11 Å². The second-order valence-corrected chi connectivity index (χ2v) is 5.63. The summed E-state index contributed by atoms with van der Waals surface area (Å²) in [7, 11) is 4.42. The van der Waals surface area contributed by atoms with Crippen LogP contribution in [0.3, 0.4) is 0 Å². The summed E-state index contributed by atoms with van der Waals surface area (Å²) < 4.78 is 15.2. The van der Waals surface area contributed by atoms with Gasteiger partial charge in [-0.3, -0.25) is 4.79 Å². The van der Waals surface area contributed by atoms with Gasteiger partial charge in [0.2, 0.25) is 0 Å². The molecule has 138 valence electrons. The standard InChI is InChI=1S/C20H18N2O5/c1-25-16-9-8-14(11-17(16)26-2)18-21-15(19(23)22-18)10-12-4-6-13(7-5-12)20(24)27-3/h4-11H,1-3H3,(H,21,22,23)/b15-10+. The van der Waals surface area contributed by atoms with Gasteiger partial charge in [-0.15, -0.1) is 0 Å². The molecular formula is C20H18N2O5. The van der Waals surface area contributed by atoms with Crippen LogP contribution in [0.15, 0.2) is 53.2 Å². The Labute approximate surface area is 156 Å². The monoisotopic (exact) mass is 366 g/mol. The summed E-state index contributed by atoms with van der Waals surface area (Å²) in [5.74, 6) is 0.840. The van der Waals surface area contributed by atoms with Crippen molar-refractivity contribution in [3.63, 3.8) is 0 Å². The lowest BCUT2D eigenvalue weighted by atomic mass is 10.1. The third-order valence-electron chi connectivity index (χ3n) is 3.99. The highest BCUT2D eigenvalue weighted by Gasteiger charge is 2.22. The minimum absolute atomic E-state index is 0.269. The summed E-state index contributed by atoms with van der Waals surface area (Å²) in [5.41, 5.74) is 2.14. The van der Waals surface area contributed by atoms with Gasteiger partial charge in [-0.1, -0.05) is 12.1 Å². The number of carbonyl (C=O) groups is 2. The van der Waals surface area contributed by atoms with E-state index in [2.05, 4.69) is 15.0 Å². The molecule has 0 saturated carbocycles. The van der Waals surface area contributed by atoms with Crippen molar-refractivity contribution in [3.8, 4) is 11.5 Å². The summed E-state index contributed by atoms with van der Waals surface area (Å²) >= 11 is 0. The van der Waals surface area contributed by atoms with Gasteiger partial charge in [-0.2, -0.15) is 0 Å². The number of aliphatic imine (C=N–C) groups is 1. The summed E-state index contributed by atoms with van der Waals surface area (Å²) in [6, 6.07) is 12.0. The molecule has 0 atom stereocenters. The maximum absolute atomic E-state index is 12.2. The Bertz CT molecular complexity index is 945. The van der Waals surface area contributed by atoms with Crippen LogP contribution in [0.4, 0.5) is 0 Å². The summed E-state index contributed by atoms with van der Waals surface area (Å²) in [6.07, 6.45) is 1.64. The molecule has 7 nitrogen and oxygen atoms in total. The highest BCUT2D eigenvalue weighted by Crippen LogP contribution is 2.28. The number of methoxy groups -OCH3 is 3. The fourth-order valence-electron chi connectivity index (χ4n) is 2.58. The van der Waals surface area contributed by atoms with Crippen LogP contribution in [0.25, 0.3) is 6.08 Å². The van der Waals surface area contributed by atoms with Crippen molar-refractivity contribution in [2.24, 2.45) is 4.99 Å². The number of esters is 1. The van der Waals surface area contributed by atoms with Crippen LogP contribution >= 0.6 is 0 Å².